The van der Waals surface area contributed by atoms with Crippen LogP contribution >= 0.6 is 0 Å². The normalized spacial score (nSPS) is 12.3. The second-order valence-corrected chi connectivity index (χ2v) is 7.03. The molecule has 0 bridgehead atoms. The van der Waals surface area contributed by atoms with Crippen molar-refractivity contribution in [3.63, 3.8) is 0 Å². The lowest BCUT2D eigenvalue weighted by molar-refractivity contribution is -0.633. The van der Waals surface area contributed by atoms with Gasteiger partial charge >= 0.3 is 0 Å². The molecule has 0 amide bonds. The SMILES string of the molecule is Cc1cc2cccc3c2c(c1C)-c1c(c(C)c2ccccc2[n+]1C)O3. The van der Waals surface area contributed by atoms with Gasteiger partial charge in [-0.1, -0.05) is 30.3 Å². The fourth-order valence-corrected chi connectivity index (χ4v) is 4.22. The summed E-state index contributed by atoms with van der Waals surface area (Å²) in [7, 11) is 2.14. The molecule has 2 heterocycles. The van der Waals surface area contributed by atoms with Crippen LogP contribution in [0.15, 0.2) is 48.5 Å². The smallest absolute Gasteiger partial charge is 0.257 e. The molecular weight excluding hydrogens is 306 g/mol. The lowest BCUT2D eigenvalue weighted by Crippen LogP contribution is -2.34. The zero-order valence-electron chi connectivity index (χ0n) is 15.0. The van der Waals surface area contributed by atoms with Crippen molar-refractivity contribution in [3.05, 3.63) is 65.2 Å². The van der Waals surface area contributed by atoms with Crippen LogP contribution in [0.4, 0.5) is 0 Å². The maximum absolute atomic E-state index is 6.44. The quantitative estimate of drug-likeness (QED) is 0.342. The summed E-state index contributed by atoms with van der Waals surface area (Å²) in [5.41, 5.74) is 7.57. The Kier molecular flexibility index (Phi) is 2.79. The van der Waals surface area contributed by atoms with Gasteiger partial charge in [-0.15, -0.1) is 0 Å². The van der Waals surface area contributed by atoms with E-state index in [1.807, 2.05) is 0 Å². The Morgan fingerprint density at radius 3 is 2.52 bits per heavy atom. The van der Waals surface area contributed by atoms with Crippen molar-refractivity contribution >= 4 is 21.7 Å². The minimum absolute atomic E-state index is 0.960. The first-order valence-corrected chi connectivity index (χ1v) is 8.70. The van der Waals surface area contributed by atoms with Crippen LogP contribution < -0.4 is 9.30 Å². The maximum atomic E-state index is 6.44. The molecule has 0 N–H and O–H groups in total. The summed E-state index contributed by atoms with van der Waals surface area (Å²) < 4.78 is 8.73. The van der Waals surface area contributed by atoms with Crippen LogP contribution in [0.2, 0.25) is 0 Å². The van der Waals surface area contributed by atoms with Crippen LogP contribution in [0, 0.1) is 20.8 Å². The number of hydrogen-bond donors (Lipinski definition) is 0. The lowest BCUT2D eigenvalue weighted by Gasteiger charge is -2.23. The van der Waals surface area contributed by atoms with Crippen molar-refractivity contribution in [2.45, 2.75) is 20.8 Å². The molecule has 0 fully saturated rings. The molecule has 0 saturated carbocycles. The first-order valence-electron chi connectivity index (χ1n) is 8.70. The third kappa shape index (κ3) is 1.77. The molecule has 4 aromatic rings. The van der Waals surface area contributed by atoms with Gasteiger partial charge < -0.3 is 4.74 Å². The monoisotopic (exact) mass is 326 g/mol. The third-order valence-electron chi connectivity index (χ3n) is 5.66. The van der Waals surface area contributed by atoms with Gasteiger partial charge in [0.05, 0.1) is 10.9 Å². The molecule has 1 aromatic heterocycles. The summed E-state index contributed by atoms with van der Waals surface area (Å²) in [6, 6.07) is 17.2. The lowest BCUT2D eigenvalue weighted by atomic mass is 9.89. The second-order valence-electron chi connectivity index (χ2n) is 7.03. The first-order chi connectivity index (χ1) is 12.1. The van der Waals surface area contributed by atoms with E-state index in [4.69, 9.17) is 4.74 Å². The fraction of sp³-hybridized carbons (Fsp3) is 0.174. The highest BCUT2D eigenvalue weighted by atomic mass is 16.5. The highest BCUT2D eigenvalue weighted by Gasteiger charge is 2.33. The Hall–Kier alpha value is -2.87. The van der Waals surface area contributed by atoms with Gasteiger partial charge in [0.1, 0.15) is 12.8 Å². The summed E-state index contributed by atoms with van der Waals surface area (Å²) in [5, 5.41) is 3.71. The predicted molar refractivity (Wildman–Crippen MR) is 102 cm³/mol. The number of pyridine rings is 1. The zero-order valence-corrected chi connectivity index (χ0v) is 15.0. The van der Waals surface area contributed by atoms with Crippen LogP contribution in [0.3, 0.4) is 0 Å². The van der Waals surface area contributed by atoms with Crippen LogP contribution in [-0.2, 0) is 7.05 Å². The Balaban J connectivity index is 2.07. The Morgan fingerprint density at radius 1 is 0.880 bits per heavy atom. The highest BCUT2D eigenvalue weighted by molar-refractivity contribution is 6.05. The van der Waals surface area contributed by atoms with Gasteiger partial charge in [-0.2, -0.15) is 4.57 Å². The van der Waals surface area contributed by atoms with E-state index in [0.717, 1.165) is 11.5 Å². The van der Waals surface area contributed by atoms with Crippen molar-refractivity contribution in [1.82, 2.24) is 0 Å². The minimum Gasteiger partial charge on any atom is -0.449 e. The van der Waals surface area contributed by atoms with E-state index in [9.17, 15) is 0 Å². The topological polar surface area (TPSA) is 13.1 Å². The number of benzene rings is 3. The Bertz CT molecular complexity index is 1200. The van der Waals surface area contributed by atoms with Crippen molar-refractivity contribution in [2.24, 2.45) is 7.05 Å². The number of aromatic nitrogens is 1. The Labute approximate surface area is 147 Å². The fourth-order valence-electron chi connectivity index (χ4n) is 4.22. The molecule has 122 valence electrons. The molecule has 3 aromatic carbocycles. The van der Waals surface area contributed by atoms with Crippen molar-refractivity contribution in [2.75, 3.05) is 0 Å². The van der Waals surface area contributed by atoms with E-state index in [1.54, 1.807) is 0 Å². The predicted octanol–water partition coefficient (Wildman–Crippen LogP) is 5.52. The van der Waals surface area contributed by atoms with E-state index >= 15 is 0 Å². The number of aryl methyl sites for hydroxylation is 3. The summed E-state index contributed by atoms with van der Waals surface area (Å²) in [6.07, 6.45) is 0. The van der Waals surface area contributed by atoms with Gasteiger partial charge in [-0.05, 0) is 49.4 Å². The molecule has 0 atom stereocenters. The van der Waals surface area contributed by atoms with Crippen LogP contribution in [-0.4, -0.2) is 0 Å². The van der Waals surface area contributed by atoms with Gasteiger partial charge in [0.15, 0.2) is 0 Å². The van der Waals surface area contributed by atoms with E-state index in [2.05, 4.69) is 80.9 Å². The number of hydrogen-bond acceptors (Lipinski definition) is 1. The molecule has 1 aliphatic rings. The molecule has 5 rings (SSSR count). The largest absolute Gasteiger partial charge is 0.449 e. The van der Waals surface area contributed by atoms with Gasteiger partial charge in [0.25, 0.3) is 5.69 Å². The van der Waals surface area contributed by atoms with Gasteiger partial charge in [0, 0.05) is 17.0 Å². The summed E-state index contributed by atoms with van der Waals surface area (Å²) in [5.74, 6) is 1.94. The van der Waals surface area contributed by atoms with Crippen molar-refractivity contribution in [3.8, 4) is 22.8 Å². The molecule has 0 radical (unpaired) electrons. The number of fused-ring (bicyclic) bond motifs is 3. The second kappa shape index (κ2) is 4.82. The molecule has 25 heavy (non-hydrogen) atoms. The molecule has 0 saturated heterocycles. The number of para-hydroxylation sites is 1. The highest BCUT2D eigenvalue weighted by Crippen LogP contribution is 2.49. The third-order valence-corrected chi connectivity index (χ3v) is 5.66. The standard InChI is InChI=1S/C23H20NO/c1-13-12-16-8-7-11-19-21(16)20(14(13)2)22-23(25-19)15(3)17-9-5-6-10-18(17)24(22)4/h5-12H,1-4H3/q+1. The van der Waals surface area contributed by atoms with Crippen LogP contribution in [0.1, 0.15) is 16.7 Å². The van der Waals surface area contributed by atoms with E-state index in [-0.39, 0.29) is 0 Å². The number of nitrogens with zero attached hydrogens (tertiary/aromatic N) is 1. The van der Waals surface area contributed by atoms with Crippen LogP contribution in [0.5, 0.6) is 11.5 Å². The van der Waals surface area contributed by atoms with Gasteiger partial charge in [-0.3, -0.25) is 0 Å². The molecule has 0 aliphatic carbocycles. The molecule has 0 spiro atoms. The maximum Gasteiger partial charge on any atom is 0.257 e. The van der Waals surface area contributed by atoms with Crippen molar-refractivity contribution in [1.29, 1.82) is 0 Å². The minimum atomic E-state index is 0.960. The molecule has 0 unspecified atom stereocenters. The molecule has 1 aliphatic heterocycles. The first kappa shape index (κ1) is 14.5. The van der Waals surface area contributed by atoms with E-state index in [0.29, 0.717) is 0 Å². The average Bonchev–Trinajstić information content (AvgIpc) is 2.63. The number of ether oxygens (including phenoxy) is 1. The number of rotatable bonds is 0. The van der Waals surface area contributed by atoms with E-state index in [1.165, 1.54) is 49.6 Å². The average molecular weight is 326 g/mol. The van der Waals surface area contributed by atoms with Crippen molar-refractivity contribution < 1.29 is 9.30 Å². The molecular formula is C23H20NO+. The zero-order chi connectivity index (χ0) is 17.3. The van der Waals surface area contributed by atoms with Gasteiger partial charge in [-0.25, -0.2) is 0 Å². The Morgan fingerprint density at radius 2 is 1.68 bits per heavy atom. The van der Waals surface area contributed by atoms with E-state index < -0.39 is 0 Å². The van der Waals surface area contributed by atoms with Gasteiger partial charge in [0.2, 0.25) is 11.3 Å². The molecule has 2 heteroatoms. The summed E-state index contributed by atoms with van der Waals surface area (Å²) in [4.78, 5) is 0. The summed E-state index contributed by atoms with van der Waals surface area (Å²) in [6.45, 7) is 6.58. The van der Waals surface area contributed by atoms with Crippen LogP contribution in [0.25, 0.3) is 32.9 Å². The molecule has 2 nitrogen and oxygen atoms in total. The summed E-state index contributed by atoms with van der Waals surface area (Å²) >= 11 is 0.